The molecule has 0 spiro atoms. The van der Waals surface area contributed by atoms with Gasteiger partial charge in [0, 0.05) is 26.3 Å². The number of carbonyl (C=O) groups is 1. The minimum absolute atomic E-state index is 0.0174. The molecular weight excluding hydrogens is 254 g/mol. The maximum atomic E-state index is 12.3. The Morgan fingerprint density at radius 3 is 2.80 bits per heavy atom. The molecule has 0 saturated heterocycles. The second-order valence-electron chi connectivity index (χ2n) is 4.92. The molecule has 0 fully saturated rings. The first-order valence-corrected chi connectivity index (χ1v) is 6.54. The third-order valence-corrected chi connectivity index (χ3v) is 3.46. The van der Waals surface area contributed by atoms with Gasteiger partial charge in [-0.15, -0.1) is 0 Å². The molecule has 2 amide bonds. The Morgan fingerprint density at radius 2 is 2.05 bits per heavy atom. The lowest BCUT2D eigenvalue weighted by atomic mass is 10.1. The van der Waals surface area contributed by atoms with Gasteiger partial charge in [0.15, 0.2) is 0 Å². The van der Waals surface area contributed by atoms with Crippen molar-refractivity contribution in [2.24, 2.45) is 0 Å². The van der Waals surface area contributed by atoms with Gasteiger partial charge >= 0.3 is 6.03 Å². The van der Waals surface area contributed by atoms with Gasteiger partial charge in [-0.25, -0.2) is 4.79 Å². The number of para-hydroxylation sites is 1. The van der Waals surface area contributed by atoms with Crippen molar-refractivity contribution in [3.63, 3.8) is 0 Å². The zero-order chi connectivity index (χ0) is 14.1. The highest BCUT2D eigenvalue weighted by atomic mass is 16.2. The van der Waals surface area contributed by atoms with Gasteiger partial charge in [-0.2, -0.15) is 5.10 Å². The van der Waals surface area contributed by atoms with Gasteiger partial charge in [-0.1, -0.05) is 18.2 Å². The number of hydrogen-bond acceptors (Lipinski definition) is 3. The highest BCUT2D eigenvalue weighted by Crippen LogP contribution is 2.27. The predicted octanol–water partition coefficient (Wildman–Crippen LogP) is 1.54. The smallest absolute Gasteiger partial charge is 0.324 e. The van der Waals surface area contributed by atoms with Crippen molar-refractivity contribution in [3.8, 4) is 0 Å². The number of nitrogens with two attached hydrogens (primary N) is 1. The average molecular weight is 271 g/mol. The molecule has 0 unspecified atom stereocenters. The first-order chi connectivity index (χ1) is 9.65. The minimum Gasteiger partial charge on any atom is -0.382 e. The van der Waals surface area contributed by atoms with Gasteiger partial charge in [-0.3, -0.25) is 9.58 Å². The van der Waals surface area contributed by atoms with E-state index < -0.39 is 0 Å². The molecule has 3 rings (SSSR count). The van der Waals surface area contributed by atoms with E-state index in [1.807, 2.05) is 31.4 Å². The summed E-state index contributed by atoms with van der Waals surface area (Å²) in [7, 11) is 1.82. The van der Waals surface area contributed by atoms with Crippen molar-refractivity contribution < 1.29 is 4.79 Å². The number of rotatable bonds is 3. The Kier molecular flexibility index (Phi) is 3.06. The van der Waals surface area contributed by atoms with E-state index in [1.165, 1.54) is 0 Å². The molecular formula is C14H17N5O. The van der Waals surface area contributed by atoms with Crippen LogP contribution in [0.2, 0.25) is 0 Å². The van der Waals surface area contributed by atoms with Crippen LogP contribution in [0, 0.1) is 0 Å². The van der Waals surface area contributed by atoms with Gasteiger partial charge in [0.2, 0.25) is 0 Å². The summed E-state index contributed by atoms with van der Waals surface area (Å²) in [5.41, 5.74) is 7.74. The van der Waals surface area contributed by atoms with Crippen LogP contribution in [0.15, 0.2) is 36.5 Å². The first kappa shape index (κ1) is 12.5. The number of nitrogen functional groups attached to an aromatic ring is 1. The van der Waals surface area contributed by atoms with Crippen molar-refractivity contribution in [2.75, 3.05) is 24.2 Å². The normalized spacial score (nSPS) is 14.6. The van der Waals surface area contributed by atoms with Crippen molar-refractivity contribution in [1.82, 2.24) is 14.7 Å². The molecule has 0 saturated carbocycles. The van der Waals surface area contributed by atoms with E-state index in [0.29, 0.717) is 25.5 Å². The lowest BCUT2D eigenvalue weighted by Gasteiger charge is -2.35. The second-order valence-corrected chi connectivity index (χ2v) is 4.92. The first-order valence-electron chi connectivity index (χ1n) is 6.54. The number of anilines is 2. The summed E-state index contributed by atoms with van der Waals surface area (Å²) in [5, 5.41) is 4.14. The molecule has 1 aliphatic rings. The van der Waals surface area contributed by atoms with E-state index >= 15 is 0 Å². The Labute approximate surface area is 117 Å². The van der Waals surface area contributed by atoms with E-state index in [1.54, 1.807) is 20.5 Å². The molecule has 6 nitrogen and oxygen atoms in total. The number of nitrogens with zero attached hydrogens (tertiary/aromatic N) is 4. The average Bonchev–Trinajstić information content (AvgIpc) is 2.85. The van der Waals surface area contributed by atoms with Gasteiger partial charge < -0.3 is 10.6 Å². The Balaban J connectivity index is 1.82. The van der Waals surface area contributed by atoms with Crippen LogP contribution in [0.25, 0.3) is 0 Å². The summed E-state index contributed by atoms with van der Waals surface area (Å²) in [6.45, 7) is 1.84. The third kappa shape index (κ3) is 2.20. The Morgan fingerprint density at radius 1 is 1.25 bits per heavy atom. The minimum atomic E-state index is 0.0174. The van der Waals surface area contributed by atoms with E-state index in [2.05, 4.69) is 11.2 Å². The van der Waals surface area contributed by atoms with Crippen LogP contribution in [0.5, 0.6) is 0 Å². The summed E-state index contributed by atoms with van der Waals surface area (Å²) >= 11 is 0. The van der Waals surface area contributed by atoms with Gasteiger partial charge in [-0.05, 0) is 17.7 Å². The molecule has 0 radical (unpaired) electrons. The monoisotopic (exact) mass is 271 g/mol. The van der Waals surface area contributed by atoms with Crippen LogP contribution < -0.4 is 10.6 Å². The molecule has 1 aromatic heterocycles. The van der Waals surface area contributed by atoms with Crippen LogP contribution >= 0.6 is 0 Å². The molecule has 104 valence electrons. The fourth-order valence-electron chi connectivity index (χ4n) is 2.46. The number of hydrogen-bond donors (Lipinski definition) is 1. The van der Waals surface area contributed by atoms with Gasteiger partial charge in [0.25, 0.3) is 0 Å². The molecule has 2 heterocycles. The molecule has 20 heavy (non-hydrogen) atoms. The standard InChI is InChI=1S/C14H17N5O/c1-17-10-11-4-2-3-5-12(11)19(14(17)20)9-8-18-7-6-13(15)16-18/h2-7H,8-10H2,1H3,(H2,15,16). The number of benzene rings is 1. The molecule has 0 atom stereocenters. The maximum absolute atomic E-state index is 12.3. The van der Waals surface area contributed by atoms with Gasteiger partial charge in [0.05, 0.1) is 12.2 Å². The van der Waals surface area contributed by atoms with E-state index in [0.717, 1.165) is 11.3 Å². The summed E-state index contributed by atoms with van der Waals surface area (Å²) in [6.07, 6.45) is 1.82. The molecule has 0 aliphatic carbocycles. The molecule has 1 aliphatic heterocycles. The fourth-order valence-corrected chi connectivity index (χ4v) is 2.46. The molecule has 2 aromatic rings. The highest BCUT2D eigenvalue weighted by molar-refractivity contribution is 5.94. The quantitative estimate of drug-likeness (QED) is 0.920. The van der Waals surface area contributed by atoms with Crippen molar-refractivity contribution >= 4 is 17.5 Å². The largest absolute Gasteiger partial charge is 0.382 e. The van der Waals surface area contributed by atoms with Crippen LogP contribution in [-0.2, 0) is 13.1 Å². The zero-order valence-electron chi connectivity index (χ0n) is 11.4. The molecule has 0 bridgehead atoms. The van der Waals surface area contributed by atoms with E-state index in [9.17, 15) is 4.79 Å². The lowest BCUT2D eigenvalue weighted by molar-refractivity contribution is 0.210. The number of fused-ring (bicyclic) bond motifs is 1. The molecule has 6 heteroatoms. The fraction of sp³-hybridized carbons (Fsp3) is 0.286. The van der Waals surface area contributed by atoms with Gasteiger partial charge in [0.1, 0.15) is 5.82 Å². The number of aromatic nitrogens is 2. The van der Waals surface area contributed by atoms with Crippen molar-refractivity contribution in [2.45, 2.75) is 13.1 Å². The van der Waals surface area contributed by atoms with Crippen LogP contribution in [-0.4, -0.2) is 34.3 Å². The third-order valence-electron chi connectivity index (χ3n) is 3.46. The summed E-state index contributed by atoms with van der Waals surface area (Å²) in [4.78, 5) is 15.8. The molecule has 1 aromatic carbocycles. The SMILES string of the molecule is CN1Cc2ccccc2N(CCn2ccc(N)n2)C1=O. The topological polar surface area (TPSA) is 67.4 Å². The summed E-state index contributed by atoms with van der Waals surface area (Å²) in [6, 6.07) is 9.75. The summed E-state index contributed by atoms with van der Waals surface area (Å²) < 4.78 is 1.75. The number of carbonyl (C=O) groups excluding carboxylic acids is 1. The lowest BCUT2D eigenvalue weighted by Crippen LogP contribution is -2.46. The van der Waals surface area contributed by atoms with Crippen molar-refractivity contribution in [3.05, 3.63) is 42.1 Å². The van der Waals surface area contributed by atoms with Crippen LogP contribution in [0.1, 0.15) is 5.56 Å². The zero-order valence-corrected chi connectivity index (χ0v) is 11.4. The predicted molar refractivity (Wildman–Crippen MR) is 77.3 cm³/mol. The number of amides is 2. The van der Waals surface area contributed by atoms with E-state index in [-0.39, 0.29) is 6.03 Å². The second kappa shape index (κ2) is 4.88. The van der Waals surface area contributed by atoms with E-state index in [4.69, 9.17) is 5.73 Å². The Bertz CT molecular complexity index is 636. The van der Waals surface area contributed by atoms with Crippen molar-refractivity contribution in [1.29, 1.82) is 0 Å². The van der Waals surface area contributed by atoms with Crippen LogP contribution in [0.3, 0.4) is 0 Å². The highest BCUT2D eigenvalue weighted by Gasteiger charge is 2.27. The summed E-state index contributed by atoms with van der Waals surface area (Å²) in [5.74, 6) is 0.493. The molecule has 2 N–H and O–H groups in total. The Hall–Kier alpha value is -2.50. The maximum Gasteiger partial charge on any atom is 0.324 e. The van der Waals surface area contributed by atoms with Crippen LogP contribution in [0.4, 0.5) is 16.3 Å². The number of urea groups is 1.